The van der Waals surface area contributed by atoms with E-state index < -0.39 is 0 Å². The van der Waals surface area contributed by atoms with Crippen LogP contribution in [0.1, 0.15) is 35.3 Å². The molecule has 0 radical (unpaired) electrons. The molecule has 1 aliphatic rings. The molecule has 0 saturated carbocycles. The number of carbonyl (C=O) groups excluding carboxylic acids is 1. The Labute approximate surface area is 208 Å². The number of carbonyl (C=O) groups is 1. The Morgan fingerprint density at radius 3 is 2.51 bits per heavy atom. The summed E-state index contributed by atoms with van der Waals surface area (Å²) in [6.07, 6.45) is 3.56. The van der Waals surface area contributed by atoms with E-state index in [2.05, 4.69) is 42.1 Å². The van der Waals surface area contributed by atoms with Crippen LogP contribution in [0.15, 0.2) is 73.1 Å². The van der Waals surface area contributed by atoms with Gasteiger partial charge in [-0.1, -0.05) is 55.5 Å². The molecule has 0 unspecified atom stereocenters. The molecule has 0 spiro atoms. The van der Waals surface area contributed by atoms with E-state index in [1.54, 1.807) is 11.1 Å². The van der Waals surface area contributed by atoms with Gasteiger partial charge in [-0.3, -0.25) is 14.7 Å². The molecule has 2 aromatic carbocycles. The summed E-state index contributed by atoms with van der Waals surface area (Å²) < 4.78 is 6.58. The van der Waals surface area contributed by atoms with E-state index in [1.807, 2.05) is 55.6 Å². The van der Waals surface area contributed by atoms with Gasteiger partial charge in [0.2, 0.25) is 0 Å². The van der Waals surface area contributed by atoms with E-state index in [-0.39, 0.29) is 30.6 Å². The summed E-state index contributed by atoms with van der Waals surface area (Å²) in [7, 11) is 2.08. The highest BCUT2D eigenvalue weighted by molar-refractivity contribution is 6.01. The van der Waals surface area contributed by atoms with Crippen LogP contribution < -0.4 is 0 Å². The largest absolute Gasteiger partial charge is 0.394 e. The molecule has 6 nitrogen and oxygen atoms in total. The van der Waals surface area contributed by atoms with Gasteiger partial charge in [0.25, 0.3) is 5.91 Å². The van der Waals surface area contributed by atoms with Gasteiger partial charge in [-0.2, -0.15) is 0 Å². The van der Waals surface area contributed by atoms with Crippen LogP contribution in [0.3, 0.4) is 0 Å². The van der Waals surface area contributed by atoms with Crippen molar-refractivity contribution < 1.29 is 14.6 Å². The number of hydrogen-bond acceptors (Lipinski definition) is 5. The van der Waals surface area contributed by atoms with Gasteiger partial charge in [-0.25, -0.2) is 0 Å². The van der Waals surface area contributed by atoms with Crippen molar-refractivity contribution in [2.75, 3.05) is 26.7 Å². The lowest BCUT2D eigenvalue weighted by molar-refractivity contribution is -0.0241. The topological polar surface area (TPSA) is 65.9 Å². The lowest BCUT2D eigenvalue weighted by atomic mass is 9.94. The maximum Gasteiger partial charge on any atom is 0.254 e. The Balaban J connectivity index is 1.68. The molecule has 1 N–H and O–H groups in total. The zero-order valence-electron chi connectivity index (χ0n) is 20.8. The molecule has 0 bridgehead atoms. The Morgan fingerprint density at radius 1 is 1.09 bits per heavy atom. The Morgan fingerprint density at radius 2 is 1.80 bits per heavy atom. The van der Waals surface area contributed by atoms with Gasteiger partial charge in [-0.05, 0) is 48.4 Å². The zero-order chi connectivity index (χ0) is 24.8. The van der Waals surface area contributed by atoms with Gasteiger partial charge in [0.1, 0.15) is 0 Å². The van der Waals surface area contributed by atoms with Gasteiger partial charge in [0.05, 0.1) is 25.4 Å². The van der Waals surface area contributed by atoms with Crippen LogP contribution in [0.2, 0.25) is 0 Å². The number of pyridine rings is 1. The monoisotopic (exact) mass is 473 g/mol. The number of rotatable bonds is 6. The summed E-state index contributed by atoms with van der Waals surface area (Å²) in [5, 5.41) is 9.98. The van der Waals surface area contributed by atoms with Crippen LogP contribution in [-0.2, 0) is 17.9 Å². The minimum atomic E-state index is -0.303. The third kappa shape index (κ3) is 5.96. The van der Waals surface area contributed by atoms with Crippen molar-refractivity contribution >= 4 is 5.91 Å². The lowest BCUT2D eigenvalue weighted by Crippen LogP contribution is -2.47. The van der Waals surface area contributed by atoms with Crippen molar-refractivity contribution in [3.8, 4) is 11.1 Å². The highest BCUT2D eigenvalue weighted by atomic mass is 16.5. The standard InChI is InChI=1S/C29H35N3O3/c1-21-16-32(22(2)19-33)29(34)27-13-7-6-12-26(27)25-11-5-4-10-24(25)20-35-28(21)18-31(3)17-23-9-8-14-30-15-23/h4-15,21-22,28,33H,16-20H2,1-3H3/t21-,22-,28-/m1/s1. The van der Waals surface area contributed by atoms with E-state index in [9.17, 15) is 9.90 Å². The minimum absolute atomic E-state index is 0.0572. The number of benzene rings is 2. The maximum absolute atomic E-state index is 13.8. The molecule has 3 atom stereocenters. The number of likely N-dealkylation sites (N-methyl/N-ethyl adjacent to an activating group) is 1. The molecule has 6 heteroatoms. The molecule has 1 aliphatic heterocycles. The fraction of sp³-hybridized carbons (Fsp3) is 0.379. The number of aliphatic hydroxyl groups excluding tert-OH is 1. The maximum atomic E-state index is 13.8. The Bertz CT molecular complexity index is 1120. The molecule has 0 aliphatic carbocycles. The second kappa shape index (κ2) is 11.6. The van der Waals surface area contributed by atoms with Crippen LogP contribution in [0.5, 0.6) is 0 Å². The number of nitrogens with zero attached hydrogens (tertiary/aromatic N) is 3. The molecule has 0 fully saturated rings. The summed E-state index contributed by atoms with van der Waals surface area (Å²) >= 11 is 0. The second-order valence-corrected chi connectivity index (χ2v) is 9.58. The molecule has 1 amide bonds. The first-order valence-corrected chi connectivity index (χ1v) is 12.3. The first kappa shape index (κ1) is 25.0. The van der Waals surface area contributed by atoms with E-state index in [4.69, 9.17) is 4.74 Å². The Kier molecular flexibility index (Phi) is 8.29. The van der Waals surface area contributed by atoms with E-state index in [1.165, 1.54) is 0 Å². The summed E-state index contributed by atoms with van der Waals surface area (Å²) in [6.45, 7) is 6.36. The van der Waals surface area contributed by atoms with Gasteiger partial charge in [0.15, 0.2) is 0 Å². The predicted molar refractivity (Wildman–Crippen MR) is 138 cm³/mol. The average molecular weight is 474 g/mol. The highest BCUT2D eigenvalue weighted by Gasteiger charge is 2.30. The number of amides is 1. The van der Waals surface area contributed by atoms with Crippen molar-refractivity contribution in [1.82, 2.24) is 14.8 Å². The molecule has 2 heterocycles. The van der Waals surface area contributed by atoms with Gasteiger partial charge >= 0.3 is 0 Å². The smallest absolute Gasteiger partial charge is 0.254 e. The minimum Gasteiger partial charge on any atom is -0.394 e. The second-order valence-electron chi connectivity index (χ2n) is 9.58. The van der Waals surface area contributed by atoms with Crippen LogP contribution in [0.25, 0.3) is 11.1 Å². The third-order valence-electron chi connectivity index (χ3n) is 6.76. The van der Waals surface area contributed by atoms with Crippen molar-refractivity contribution in [1.29, 1.82) is 0 Å². The summed E-state index contributed by atoms with van der Waals surface area (Å²) in [5.74, 6) is -0.00473. The number of hydrogen-bond donors (Lipinski definition) is 1. The molecule has 0 saturated heterocycles. The van der Waals surface area contributed by atoms with Crippen LogP contribution in [-0.4, -0.2) is 64.7 Å². The van der Waals surface area contributed by atoms with Crippen LogP contribution >= 0.6 is 0 Å². The zero-order valence-corrected chi connectivity index (χ0v) is 20.8. The van der Waals surface area contributed by atoms with Gasteiger partial charge in [-0.15, -0.1) is 0 Å². The first-order valence-electron chi connectivity index (χ1n) is 12.3. The van der Waals surface area contributed by atoms with Crippen LogP contribution in [0.4, 0.5) is 0 Å². The van der Waals surface area contributed by atoms with Crippen molar-refractivity contribution in [2.24, 2.45) is 5.92 Å². The summed E-state index contributed by atoms with van der Waals surface area (Å²) in [6, 6.07) is 19.6. The predicted octanol–water partition coefficient (Wildman–Crippen LogP) is 4.24. The van der Waals surface area contributed by atoms with Crippen molar-refractivity contribution in [2.45, 2.75) is 39.1 Å². The van der Waals surface area contributed by atoms with E-state index >= 15 is 0 Å². The SMILES string of the molecule is C[C@@H]1CN([C@H](C)CO)C(=O)c2ccccc2-c2ccccc2CO[C@@H]1CN(C)Cc1cccnc1. The molecular weight excluding hydrogens is 438 g/mol. The number of aliphatic hydroxyl groups is 1. The molecule has 3 aromatic rings. The number of fused-ring (bicyclic) bond motifs is 3. The summed E-state index contributed by atoms with van der Waals surface area (Å²) in [4.78, 5) is 22.1. The van der Waals surface area contributed by atoms with Crippen molar-refractivity contribution in [3.63, 3.8) is 0 Å². The highest BCUT2D eigenvalue weighted by Crippen LogP contribution is 2.31. The fourth-order valence-corrected chi connectivity index (χ4v) is 4.73. The third-order valence-corrected chi connectivity index (χ3v) is 6.76. The number of ether oxygens (including phenoxy) is 1. The van der Waals surface area contributed by atoms with E-state index in [0.29, 0.717) is 25.3 Å². The molecule has 35 heavy (non-hydrogen) atoms. The van der Waals surface area contributed by atoms with Gasteiger partial charge < -0.3 is 14.7 Å². The Hall–Kier alpha value is -3.06. The molecule has 4 rings (SSSR count). The summed E-state index contributed by atoms with van der Waals surface area (Å²) in [5.41, 5.74) is 4.76. The van der Waals surface area contributed by atoms with E-state index in [0.717, 1.165) is 28.8 Å². The first-order chi connectivity index (χ1) is 17.0. The van der Waals surface area contributed by atoms with Crippen molar-refractivity contribution in [3.05, 3.63) is 89.7 Å². The van der Waals surface area contributed by atoms with Gasteiger partial charge in [0, 0.05) is 43.5 Å². The molecular formula is C29H35N3O3. The normalized spacial score (nSPS) is 19.6. The fourth-order valence-electron chi connectivity index (χ4n) is 4.73. The van der Waals surface area contributed by atoms with Crippen LogP contribution in [0, 0.1) is 5.92 Å². The average Bonchev–Trinajstić information content (AvgIpc) is 2.90. The lowest BCUT2D eigenvalue weighted by Gasteiger charge is -2.35. The number of aromatic nitrogens is 1. The molecule has 184 valence electrons. The molecule has 1 aromatic heterocycles. The quantitative estimate of drug-likeness (QED) is 0.580.